The second kappa shape index (κ2) is 16.8. The summed E-state index contributed by atoms with van der Waals surface area (Å²) >= 11 is 3.04. The molecule has 2 rings (SSSR count). The Hall–Kier alpha value is -1.26. The Labute approximate surface area is 234 Å². The van der Waals surface area contributed by atoms with Crippen LogP contribution in [0, 0.1) is 0 Å². The average Bonchev–Trinajstić information content (AvgIpc) is 2.84. The Morgan fingerprint density at radius 2 is 1.11 bits per heavy atom. The lowest BCUT2D eigenvalue weighted by Crippen LogP contribution is -2.39. The number of aromatic nitrogens is 2. The molecule has 0 bridgehead atoms. The molecule has 0 aliphatic heterocycles. The molecule has 0 radical (unpaired) electrons. The number of nitrogens with zero attached hydrogens (tertiary/aromatic N) is 2. The van der Waals surface area contributed by atoms with Crippen molar-refractivity contribution in [3.05, 3.63) is 60.2 Å². The molecule has 0 aromatic carbocycles. The summed E-state index contributed by atoms with van der Waals surface area (Å²) in [5, 5.41) is 20.7. The molecular formula is C24H36N2O8S4. The predicted octanol–water partition coefficient (Wildman–Crippen LogP) is 0.106. The smallest absolute Gasteiger partial charge is 0.182 e. The zero-order chi connectivity index (χ0) is 28.0. The fourth-order valence-electron chi connectivity index (χ4n) is 3.72. The minimum Gasteiger partial charge on any atom is -0.748 e. The van der Waals surface area contributed by atoms with E-state index < -0.39 is 43.9 Å². The second-order valence-corrected chi connectivity index (χ2v) is 14.1. The predicted molar refractivity (Wildman–Crippen MR) is 146 cm³/mol. The van der Waals surface area contributed by atoms with Crippen LogP contribution in [-0.4, -0.2) is 82.9 Å². The minimum atomic E-state index is -4.23. The Morgan fingerprint density at radius 1 is 0.711 bits per heavy atom. The van der Waals surface area contributed by atoms with Crippen molar-refractivity contribution in [1.82, 2.24) is 0 Å². The van der Waals surface area contributed by atoms with Crippen molar-refractivity contribution < 1.29 is 45.3 Å². The summed E-state index contributed by atoms with van der Waals surface area (Å²) in [6, 6.07) is 11.4. The molecule has 214 valence electrons. The third-order valence-corrected chi connectivity index (χ3v) is 9.40. The van der Waals surface area contributed by atoms with Crippen LogP contribution in [0.5, 0.6) is 0 Å². The van der Waals surface area contributed by atoms with Crippen molar-refractivity contribution in [3.8, 4) is 0 Å². The van der Waals surface area contributed by atoms with Gasteiger partial charge in [-0.05, 0) is 0 Å². The highest BCUT2D eigenvalue weighted by molar-refractivity contribution is 7.99. The molecule has 14 heteroatoms. The van der Waals surface area contributed by atoms with Gasteiger partial charge in [-0.15, -0.1) is 0 Å². The third kappa shape index (κ3) is 14.2. The maximum atomic E-state index is 10.8. The average molecular weight is 609 g/mol. The summed E-state index contributed by atoms with van der Waals surface area (Å²) in [6.07, 6.45) is 3.86. The van der Waals surface area contributed by atoms with Crippen molar-refractivity contribution in [1.29, 1.82) is 0 Å². The molecule has 0 fully saturated rings. The highest BCUT2D eigenvalue weighted by Gasteiger charge is 2.18. The summed E-state index contributed by atoms with van der Waals surface area (Å²) < 4.78 is 68.8. The number of aliphatic hydroxyl groups is 2. The second-order valence-electron chi connectivity index (χ2n) is 8.79. The molecule has 0 saturated carbocycles. The van der Waals surface area contributed by atoms with E-state index in [0.29, 0.717) is 48.9 Å². The van der Waals surface area contributed by atoms with Gasteiger partial charge in [0, 0.05) is 84.5 Å². The molecule has 0 spiro atoms. The number of aliphatic hydroxyl groups excluding tert-OH is 2. The van der Waals surface area contributed by atoms with Crippen LogP contribution in [0.3, 0.4) is 0 Å². The van der Waals surface area contributed by atoms with E-state index in [4.69, 9.17) is 0 Å². The fourth-order valence-corrected chi connectivity index (χ4v) is 6.65. The van der Waals surface area contributed by atoms with Crippen LogP contribution in [-0.2, 0) is 46.2 Å². The minimum absolute atomic E-state index is 0.249. The Balaban J connectivity index is 1.67. The molecule has 2 heterocycles. The van der Waals surface area contributed by atoms with Crippen LogP contribution in [0.25, 0.3) is 0 Å². The summed E-state index contributed by atoms with van der Waals surface area (Å²) in [5.74, 6) is 1.39. The number of pyridine rings is 2. The normalized spacial score (nSPS) is 13.9. The van der Waals surface area contributed by atoms with Crippen LogP contribution in [0.4, 0.5) is 0 Å². The van der Waals surface area contributed by atoms with Gasteiger partial charge in [-0.3, -0.25) is 0 Å². The van der Waals surface area contributed by atoms with Crippen molar-refractivity contribution >= 4 is 43.8 Å². The number of aryl methyl sites for hydroxylation is 4. The molecule has 10 nitrogen and oxygen atoms in total. The fraction of sp³-hybridized carbons (Fsp3) is 0.583. The summed E-state index contributed by atoms with van der Waals surface area (Å²) in [6.45, 7) is 0.873. The van der Waals surface area contributed by atoms with Crippen molar-refractivity contribution in [2.75, 3.05) is 34.5 Å². The number of hydrogen-bond acceptors (Lipinski definition) is 10. The molecular weight excluding hydrogens is 573 g/mol. The van der Waals surface area contributed by atoms with Crippen molar-refractivity contribution in [2.24, 2.45) is 0 Å². The summed E-state index contributed by atoms with van der Waals surface area (Å²) in [4.78, 5) is 0. The molecule has 0 amide bonds. The SMILES string of the molecule is O=S(=O)([O-])CCC[n+]1ccccc1CCSC[C@@H](O)[C@@H](O)CSCCc1cccc[n+]1CCCS(=O)(=O)[O-]. The van der Waals surface area contributed by atoms with E-state index in [-0.39, 0.29) is 12.8 Å². The van der Waals surface area contributed by atoms with E-state index in [0.717, 1.165) is 11.4 Å². The van der Waals surface area contributed by atoms with E-state index in [1.54, 1.807) is 0 Å². The zero-order valence-electron chi connectivity index (χ0n) is 21.1. The Kier molecular flexibility index (Phi) is 14.5. The van der Waals surface area contributed by atoms with Crippen LogP contribution in [0.2, 0.25) is 0 Å². The number of hydrogen-bond donors (Lipinski definition) is 2. The van der Waals surface area contributed by atoms with Crippen LogP contribution >= 0.6 is 23.5 Å². The lowest BCUT2D eigenvalue weighted by molar-refractivity contribution is -0.704. The standard InChI is InChI=1S/C24H36N2O8S4/c27-23(19-35-15-9-21-7-1-3-11-25(21)13-5-17-37(29,30)31)24(28)20-36-16-10-22-8-2-4-12-26(22)14-6-18-38(32,33)34/h1-4,7-8,11-12,23-24,27-28H,5-6,9-10,13-20H2/t23-,24+. The van der Waals surface area contributed by atoms with Crippen LogP contribution in [0.1, 0.15) is 24.2 Å². The molecule has 0 aliphatic carbocycles. The van der Waals surface area contributed by atoms with Crippen molar-refractivity contribution in [2.45, 2.75) is 51.0 Å². The summed E-state index contributed by atoms with van der Waals surface area (Å²) in [7, 11) is -8.46. The first-order chi connectivity index (χ1) is 17.9. The van der Waals surface area contributed by atoms with Crippen molar-refractivity contribution in [3.63, 3.8) is 0 Å². The third-order valence-electron chi connectivity index (χ3n) is 5.68. The highest BCUT2D eigenvalue weighted by Crippen LogP contribution is 2.13. The molecule has 2 atom stereocenters. The molecule has 0 aliphatic rings. The van der Waals surface area contributed by atoms with Gasteiger partial charge in [0.1, 0.15) is 13.1 Å². The van der Waals surface area contributed by atoms with Gasteiger partial charge in [0.15, 0.2) is 23.8 Å². The highest BCUT2D eigenvalue weighted by atomic mass is 32.2. The van der Waals surface area contributed by atoms with Gasteiger partial charge < -0.3 is 19.3 Å². The van der Waals surface area contributed by atoms with Gasteiger partial charge in [0.2, 0.25) is 0 Å². The van der Waals surface area contributed by atoms with Gasteiger partial charge in [0.25, 0.3) is 0 Å². The Morgan fingerprint density at radius 3 is 1.47 bits per heavy atom. The van der Waals surface area contributed by atoms with Crippen LogP contribution in [0.15, 0.2) is 48.8 Å². The molecule has 0 saturated heterocycles. The maximum absolute atomic E-state index is 10.8. The topological polar surface area (TPSA) is 163 Å². The quantitative estimate of drug-likeness (QED) is 0.127. The first-order valence-electron chi connectivity index (χ1n) is 12.3. The Bertz CT molecular complexity index is 1100. The van der Waals surface area contributed by atoms with E-state index in [9.17, 15) is 36.2 Å². The molecule has 38 heavy (non-hydrogen) atoms. The van der Waals surface area contributed by atoms with E-state index in [1.807, 2.05) is 57.9 Å². The van der Waals surface area contributed by atoms with Gasteiger partial charge in [0.05, 0.1) is 32.4 Å². The maximum Gasteiger partial charge on any atom is 0.182 e. The molecule has 2 N–H and O–H groups in total. The molecule has 2 aromatic heterocycles. The van der Waals surface area contributed by atoms with E-state index in [2.05, 4.69) is 0 Å². The van der Waals surface area contributed by atoms with Gasteiger partial charge in [-0.2, -0.15) is 23.5 Å². The lowest BCUT2D eigenvalue weighted by Gasteiger charge is -2.17. The zero-order valence-corrected chi connectivity index (χ0v) is 24.4. The molecule has 2 aromatic rings. The van der Waals surface area contributed by atoms with E-state index >= 15 is 0 Å². The van der Waals surface area contributed by atoms with Gasteiger partial charge in [-0.25, -0.2) is 26.0 Å². The first-order valence-corrected chi connectivity index (χ1v) is 17.7. The molecule has 0 unspecified atom stereocenters. The largest absolute Gasteiger partial charge is 0.748 e. The van der Waals surface area contributed by atoms with Gasteiger partial charge >= 0.3 is 0 Å². The lowest BCUT2D eigenvalue weighted by atomic mass is 10.2. The van der Waals surface area contributed by atoms with Gasteiger partial charge in [-0.1, -0.05) is 12.1 Å². The number of thioether (sulfide) groups is 2. The first kappa shape index (κ1) is 32.9. The number of rotatable bonds is 19. The monoisotopic (exact) mass is 608 g/mol. The van der Waals surface area contributed by atoms with Crippen LogP contribution < -0.4 is 9.13 Å². The van der Waals surface area contributed by atoms with E-state index in [1.165, 1.54) is 23.5 Å². The summed E-state index contributed by atoms with van der Waals surface area (Å²) in [5.41, 5.74) is 2.00.